The fourth-order valence-electron chi connectivity index (χ4n) is 1.31. The van der Waals surface area contributed by atoms with E-state index < -0.39 is 0 Å². The Labute approximate surface area is 75.6 Å². The number of hydrogen-bond acceptors (Lipinski definition) is 2. The SMILES string of the molecule is CC(C)CC(O)CCCC(C)O. The number of hydrogen-bond donors (Lipinski definition) is 2. The summed E-state index contributed by atoms with van der Waals surface area (Å²) in [6, 6.07) is 0. The molecule has 2 N–H and O–H groups in total. The van der Waals surface area contributed by atoms with E-state index in [4.69, 9.17) is 5.11 Å². The van der Waals surface area contributed by atoms with E-state index in [0.717, 1.165) is 25.7 Å². The Balaban J connectivity index is 3.25. The van der Waals surface area contributed by atoms with Crippen LogP contribution in [0, 0.1) is 5.92 Å². The minimum atomic E-state index is -0.226. The van der Waals surface area contributed by atoms with Crippen LogP contribution in [0.2, 0.25) is 0 Å². The lowest BCUT2D eigenvalue weighted by atomic mass is 10.0. The summed E-state index contributed by atoms with van der Waals surface area (Å²) < 4.78 is 0. The van der Waals surface area contributed by atoms with E-state index in [1.807, 2.05) is 0 Å². The van der Waals surface area contributed by atoms with Gasteiger partial charge >= 0.3 is 0 Å². The molecule has 0 saturated carbocycles. The lowest BCUT2D eigenvalue weighted by Gasteiger charge is -2.12. The number of rotatable bonds is 6. The van der Waals surface area contributed by atoms with E-state index >= 15 is 0 Å². The third-order valence-corrected chi connectivity index (χ3v) is 1.90. The van der Waals surface area contributed by atoms with Gasteiger partial charge in [-0.2, -0.15) is 0 Å². The largest absolute Gasteiger partial charge is 0.393 e. The average molecular weight is 174 g/mol. The van der Waals surface area contributed by atoms with Crippen molar-refractivity contribution in [2.24, 2.45) is 5.92 Å². The quantitative estimate of drug-likeness (QED) is 0.646. The number of aliphatic hydroxyl groups excluding tert-OH is 2. The van der Waals surface area contributed by atoms with Crippen molar-refractivity contribution in [1.29, 1.82) is 0 Å². The maximum absolute atomic E-state index is 9.45. The monoisotopic (exact) mass is 174 g/mol. The molecule has 2 nitrogen and oxygen atoms in total. The van der Waals surface area contributed by atoms with Gasteiger partial charge in [0.15, 0.2) is 0 Å². The van der Waals surface area contributed by atoms with Gasteiger partial charge in [-0.15, -0.1) is 0 Å². The molecule has 2 atom stereocenters. The Morgan fingerprint density at radius 1 is 1.00 bits per heavy atom. The average Bonchev–Trinajstić information content (AvgIpc) is 1.84. The van der Waals surface area contributed by atoms with Crippen molar-refractivity contribution in [2.45, 2.75) is 58.7 Å². The molecule has 12 heavy (non-hydrogen) atoms. The van der Waals surface area contributed by atoms with Gasteiger partial charge in [0.05, 0.1) is 12.2 Å². The van der Waals surface area contributed by atoms with E-state index in [-0.39, 0.29) is 12.2 Å². The van der Waals surface area contributed by atoms with Crippen molar-refractivity contribution >= 4 is 0 Å². The molecule has 0 aliphatic heterocycles. The van der Waals surface area contributed by atoms with Crippen LogP contribution in [-0.2, 0) is 0 Å². The predicted octanol–water partition coefficient (Wildman–Crippen LogP) is 1.94. The van der Waals surface area contributed by atoms with Crippen molar-refractivity contribution in [3.8, 4) is 0 Å². The first-order valence-electron chi connectivity index (χ1n) is 4.88. The minimum Gasteiger partial charge on any atom is -0.393 e. The normalized spacial score (nSPS) is 16.5. The van der Waals surface area contributed by atoms with Crippen LogP contribution in [0.3, 0.4) is 0 Å². The zero-order valence-corrected chi connectivity index (χ0v) is 8.45. The summed E-state index contributed by atoms with van der Waals surface area (Å²) in [6.45, 7) is 6.00. The smallest absolute Gasteiger partial charge is 0.0542 e. The fourth-order valence-corrected chi connectivity index (χ4v) is 1.31. The summed E-state index contributed by atoms with van der Waals surface area (Å²) >= 11 is 0. The van der Waals surface area contributed by atoms with Crippen molar-refractivity contribution in [2.75, 3.05) is 0 Å². The lowest BCUT2D eigenvalue weighted by Crippen LogP contribution is -2.11. The first-order valence-corrected chi connectivity index (χ1v) is 4.88. The molecule has 0 aromatic heterocycles. The van der Waals surface area contributed by atoms with Crippen LogP contribution < -0.4 is 0 Å². The van der Waals surface area contributed by atoms with Gasteiger partial charge in [-0.05, 0) is 38.5 Å². The predicted molar refractivity (Wildman–Crippen MR) is 51.0 cm³/mol. The van der Waals surface area contributed by atoms with Gasteiger partial charge in [-0.1, -0.05) is 13.8 Å². The second-order valence-corrected chi connectivity index (χ2v) is 4.06. The van der Waals surface area contributed by atoms with Crippen LogP contribution in [0.25, 0.3) is 0 Å². The molecule has 0 amide bonds. The molecule has 0 aromatic rings. The maximum Gasteiger partial charge on any atom is 0.0542 e. The fraction of sp³-hybridized carbons (Fsp3) is 1.00. The topological polar surface area (TPSA) is 40.5 Å². The van der Waals surface area contributed by atoms with Gasteiger partial charge in [0.1, 0.15) is 0 Å². The Bertz CT molecular complexity index is 100. The highest BCUT2D eigenvalue weighted by atomic mass is 16.3. The number of aliphatic hydroxyl groups is 2. The molecule has 0 saturated heterocycles. The molecule has 0 fully saturated rings. The zero-order valence-electron chi connectivity index (χ0n) is 8.45. The molecular weight excluding hydrogens is 152 g/mol. The van der Waals surface area contributed by atoms with Crippen LogP contribution in [0.15, 0.2) is 0 Å². The summed E-state index contributed by atoms with van der Waals surface area (Å²) in [5, 5.41) is 18.4. The van der Waals surface area contributed by atoms with Crippen LogP contribution in [0.4, 0.5) is 0 Å². The maximum atomic E-state index is 9.45. The van der Waals surface area contributed by atoms with Crippen LogP contribution in [0.1, 0.15) is 46.5 Å². The summed E-state index contributed by atoms with van der Waals surface area (Å²) in [7, 11) is 0. The molecule has 2 heteroatoms. The molecular formula is C10H22O2. The van der Waals surface area contributed by atoms with E-state index in [1.165, 1.54) is 0 Å². The van der Waals surface area contributed by atoms with Gasteiger partial charge in [0, 0.05) is 0 Å². The molecule has 74 valence electrons. The molecule has 0 radical (unpaired) electrons. The van der Waals surface area contributed by atoms with Gasteiger partial charge in [-0.25, -0.2) is 0 Å². The highest BCUT2D eigenvalue weighted by Gasteiger charge is 2.06. The van der Waals surface area contributed by atoms with Crippen LogP contribution >= 0.6 is 0 Å². The van der Waals surface area contributed by atoms with Gasteiger partial charge < -0.3 is 10.2 Å². The first-order chi connectivity index (χ1) is 5.52. The van der Waals surface area contributed by atoms with Gasteiger partial charge in [0.25, 0.3) is 0 Å². The molecule has 0 aliphatic rings. The van der Waals surface area contributed by atoms with Gasteiger partial charge in [0.2, 0.25) is 0 Å². The lowest BCUT2D eigenvalue weighted by molar-refractivity contribution is 0.124. The Morgan fingerprint density at radius 3 is 2.00 bits per heavy atom. The third-order valence-electron chi connectivity index (χ3n) is 1.90. The summed E-state index contributed by atoms with van der Waals surface area (Å²) in [5.74, 6) is 0.562. The van der Waals surface area contributed by atoms with E-state index in [9.17, 15) is 5.11 Å². The van der Waals surface area contributed by atoms with Gasteiger partial charge in [-0.3, -0.25) is 0 Å². The third kappa shape index (κ3) is 8.02. The molecule has 0 aromatic carbocycles. The van der Waals surface area contributed by atoms with Crippen LogP contribution in [-0.4, -0.2) is 22.4 Å². The Morgan fingerprint density at radius 2 is 1.58 bits per heavy atom. The highest BCUT2D eigenvalue weighted by molar-refractivity contribution is 4.59. The van der Waals surface area contributed by atoms with Crippen LogP contribution in [0.5, 0.6) is 0 Å². The molecule has 0 aliphatic carbocycles. The second kappa shape index (κ2) is 6.44. The van der Waals surface area contributed by atoms with Crippen molar-refractivity contribution in [1.82, 2.24) is 0 Å². The first kappa shape index (κ1) is 11.9. The Hall–Kier alpha value is -0.0800. The molecule has 0 heterocycles. The van der Waals surface area contributed by atoms with E-state index in [2.05, 4.69) is 13.8 Å². The minimum absolute atomic E-state index is 0.177. The summed E-state index contributed by atoms with van der Waals surface area (Å²) in [5.41, 5.74) is 0. The zero-order chi connectivity index (χ0) is 9.56. The van der Waals surface area contributed by atoms with E-state index in [1.54, 1.807) is 6.92 Å². The molecule has 2 unspecified atom stereocenters. The molecule has 0 bridgehead atoms. The van der Waals surface area contributed by atoms with Crippen molar-refractivity contribution < 1.29 is 10.2 Å². The van der Waals surface area contributed by atoms with Crippen molar-refractivity contribution in [3.05, 3.63) is 0 Å². The molecule has 0 rings (SSSR count). The molecule has 0 spiro atoms. The highest BCUT2D eigenvalue weighted by Crippen LogP contribution is 2.11. The summed E-state index contributed by atoms with van der Waals surface area (Å²) in [4.78, 5) is 0. The van der Waals surface area contributed by atoms with E-state index in [0.29, 0.717) is 5.92 Å². The van der Waals surface area contributed by atoms with Crippen molar-refractivity contribution in [3.63, 3.8) is 0 Å². The second-order valence-electron chi connectivity index (χ2n) is 4.06. The standard InChI is InChI=1S/C10H22O2/c1-8(2)7-10(12)6-4-5-9(3)11/h8-12H,4-7H2,1-3H3. The summed E-state index contributed by atoms with van der Waals surface area (Å²) in [6.07, 6.45) is 3.02. The Kier molecular flexibility index (Phi) is 6.39.